The number of rotatable bonds is 9. The number of alkyl halides is 6. The van der Waals surface area contributed by atoms with Crippen LogP contribution in [0, 0.1) is 12.7 Å². The molecule has 0 bridgehead atoms. The quantitative estimate of drug-likeness (QED) is 0.142. The molecule has 3 aromatic heterocycles. The molecule has 11 nitrogen and oxygen atoms in total. The molecule has 2 aliphatic rings. The Hall–Kier alpha value is -5.91. The Bertz CT molecular complexity index is 2320. The number of nitrogens with one attached hydrogen (secondary N) is 2. The zero-order valence-corrected chi connectivity index (χ0v) is 28.8. The molecule has 0 radical (unpaired) electrons. The predicted molar refractivity (Wildman–Crippen MR) is 181 cm³/mol. The van der Waals surface area contributed by atoms with E-state index < -0.39 is 65.5 Å². The SMILES string of the molecule is Cc1cc2cc(C(=O)NC[C@](O)(c3cc4c(c(-c5ccc(F)cc5)n3)OC[C@]4(C)C(=O)Nc3ccc(C(F)(F)F)nc3)C(F)(F)F)cc(OC3CC3)c2nn1. The maximum atomic E-state index is 15.1. The standard InChI is InChI=1S/C37H29F7N6O5/c1-18-11-20-12-21(13-26(29(20)50-49-18)55-24-8-9-24)32(51)46-16-35(53,37(42,43)44)28-14-25-31(30(48-28)19-3-5-22(38)6-4-19)54-17-34(25,2)33(52)47-23-7-10-27(45-15-23)36(39,40)41/h3-7,10-15,24,53H,8-9,16-17H2,1-2H3,(H,46,51)(H,47,52)/t34-,35-/m0/s1. The molecule has 1 aliphatic carbocycles. The minimum Gasteiger partial charge on any atom is -0.489 e. The van der Waals surface area contributed by atoms with Gasteiger partial charge in [-0.3, -0.25) is 9.59 Å². The smallest absolute Gasteiger partial charge is 0.433 e. The number of ether oxygens (including phenoxy) is 2. The number of fused-ring (bicyclic) bond motifs is 2. The van der Waals surface area contributed by atoms with E-state index in [0.717, 1.165) is 43.3 Å². The maximum Gasteiger partial charge on any atom is 0.433 e. The maximum absolute atomic E-state index is 15.1. The topological polar surface area (TPSA) is 148 Å². The van der Waals surface area contributed by atoms with Crippen molar-refractivity contribution in [1.29, 1.82) is 0 Å². The van der Waals surface area contributed by atoms with Gasteiger partial charge in [0.2, 0.25) is 11.5 Å². The van der Waals surface area contributed by atoms with Crippen molar-refractivity contribution >= 4 is 28.4 Å². The van der Waals surface area contributed by atoms with Crippen molar-refractivity contribution in [2.45, 2.75) is 56.2 Å². The Morgan fingerprint density at radius 2 is 1.71 bits per heavy atom. The molecule has 0 unspecified atom stereocenters. The summed E-state index contributed by atoms with van der Waals surface area (Å²) in [5.41, 5.74) is -7.76. The van der Waals surface area contributed by atoms with E-state index in [1.165, 1.54) is 31.2 Å². The molecule has 3 N–H and O–H groups in total. The van der Waals surface area contributed by atoms with Crippen molar-refractivity contribution in [3.63, 3.8) is 0 Å². The van der Waals surface area contributed by atoms with Crippen LogP contribution in [0.1, 0.15) is 52.8 Å². The number of aryl methyl sites for hydroxylation is 1. The first kappa shape index (κ1) is 37.4. The number of aromatic nitrogens is 4. The van der Waals surface area contributed by atoms with Gasteiger partial charge >= 0.3 is 12.4 Å². The Morgan fingerprint density at radius 1 is 0.982 bits per heavy atom. The highest BCUT2D eigenvalue weighted by Gasteiger charge is 2.58. The number of benzene rings is 2. The largest absolute Gasteiger partial charge is 0.489 e. The number of hydrogen-bond acceptors (Lipinski definition) is 9. The molecule has 1 fully saturated rings. The molecule has 0 saturated heterocycles. The number of carbonyl (C=O) groups excluding carboxylic acids is 2. The van der Waals surface area contributed by atoms with Gasteiger partial charge in [0, 0.05) is 22.1 Å². The number of halogens is 7. The lowest BCUT2D eigenvalue weighted by Crippen LogP contribution is -2.51. The van der Waals surface area contributed by atoms with E-state index in [4.69, 9.17) is 9.47 Å². The van der Waals surface area contributed by atoms with Crippen LogP contribution < -0.4 is 20.1 Å². The van der Waals surface area contributed by atoms with E-state index in [0.29, 0.717) is 22.7 Å². The second-order valence-electron chi connectivity index (χ2n) is 13.5. The van der Waals surface area contributed by atoms with Gasteiger partial charge in [-0.1, -0.05) is 0 Å². The lowest BCUT2D eigenvalue weighted by molar-refractivity contribution is -0.265. The first-order valence-electron chi connectivity index (χ1n) is 16.7. The van der Waals surface area contributed by atoms with Gasteiger partial charge in [0.1, 0.15) is 46.2 Å². The van der Waals surface area contributed by atoms with Crippen molar-refractivity contribution < 1.29 is 54.9 Å². The average Bonchev–Trinajstić information content (AvgIpc) is 3.89. The molecule has 4 heterocycles. The molecule has 1 aliphatic heterocycles. The van der Waals surface area contributed by atoms with Crippen LogP contribution in [0.3, 0.4) is 0 Å². The van der Waals surface area contributed by atoms with Crippen LogP contribution in [-0.4, -0.2) is 62.5 Å². The van der Waals surface area contributed by atoms with Crippen LogP contribution in [0.5, 0.6) is 11.5 Å². The third kappa shape index (κ3) is 7.20. The molecule has 286 valence electrons. The van der Waals surface area contributed by atoms with E-state index in [9.17, 15) is 32.3 Å². The van der Waals surface area contributed by atoms with Gasteiger partial charge in [0.05, 0.1) is 35.9 Å². The number of amides is 2. The van der Waals surface area contributed by atoms with Gasteiger partial charge in [-0.05, 0) is 87.4 Å². The second kappa shape index (κ2) is 13.4. The lowest BCUT2D eigenvalue weighted by atomic mass is 9.81. The second-order valence-corrected chi connectivity index (χ2v) is 13.5. The molecule has 5 aromatic rings. The van der Waals surface area contributed by atoms with Crippen molar-refractivity contribution in [2.24, 2.45) is 0 Å². The fourth-order valence-corrected chi connectivity index (χ4v) is 5.95. The van der Waals surface area contributed by atoms with E-state index in [2.05, 4.69) is 30.8 Å². The summed E-state index contributed by atoms with van der Waals surface area (Å²) in [4.78, 5) is 34.7. The van der Waals surface area contributed by atoms with Gasteiger partial charge in [0.15, 0.2) is 0 Å². The summed E-state index contributed by atoms with van der Waals surface area (Å²) in [7, 11) is 0. The molecule has 55 heavy (non-hydrogen) atoms. The Morgan fingerprint density at radius 3 is 2.35 bits per heavy atom. The number of aliphatic hydroxyl groups is 1. The number of carbonyl (C=O) groups is 2. The summed E-state index contributed by atoms with van der Waals surface area (Å²) < 4.78 is 110. The molecule has 2 aromatic carbocycles. The van der Waals surface area contributed by atoms with E-state index in [1.54, 1.807) is 13.0 Å². The summed E-state index contributed by atoms with van der Waals surface area (Å²) in [5.74, 6) is -2.54. The summed E-state index contributed by atoms with van der Waals surface area (Å²) in [5, 5.41) is 24.7. The van der Waals surface area contributed by atoms with Crippen LogP contribution in [0.2, 0.25) is 0 Å². The van der Waals surface area contributed by atoms with Crippen LogP contribution >= 0.6 is 0 Å². The van der Waals surface area contributed by atoms with E-state index in [-0.39, 0.29) is 45.7 Å². The molecule has 18 heteroatoms. The average molecular weight is 771 g/mol. The van der Waals surface area contributed by atoms with Crippen LogP contribution in [0.25, 0.3) is 22.2 Å². The highest BCUT2D eigenvalue weighted by atomic mass is 19.4. The van der Waals surface area contributed by atoms with Crippen LogP contribution in [0.15, 0.2) is 66.9 Å². The van der Waals surface area contributed by atoms with Gasteiger partial charge in [-0.2, -0.15) is 31.4 Å². The predicted octanol–water partition coefficient (Wildman–Crippen LogP) is 6.56. The van der Waals surface area contributed by atoms with Gasteiger partial charge < -0.3 is 25.2 Å². The molecule has 1 saturated carbocycles. The normalized spacial score (nSPS) is 17.9. The molecule has 0 spiro atoms. The third-order valence-electron chi connectivity index (χ3n) is 9.26. The Labute approximate surface area is 306 Å². The van der Waals surface area contributed by atoms with Crippen molar-refractivity contribution in [1.82, 2.24) is 25.5 Å². The fraction of sp³-hybridized carbons (Fsp3) is 0.297. The minimum absolute atomic E-state index is 0.0578. The molecule has 7 rings (SSSR count). The number of hydrogen-bond donors (Lipinski definition) is 3. The summed E-state index contributed by atoms with van der Waals surface area (Å²) in [6, 6.07) is 11.2. The Balaban J connectivity index is 1.26. The third-order valence-corrected chi connectivity index (χ3v) is 9.26. The first-order valence-corrected chi connectivity index (χ1v) is 16.7. The van der Waals surface area contributed by atoms with Crippen molar-refractivity contribution in [3.05, 3.63) is 101 Å². The number of nitrogens with zero attached hydrogens (tertiary/aromatic N) is 4. The van der Waals surface area contributed by atoms with Crippen LogP contribution in [-0.2, 0) is 22.0 Å². The van der Waals surface area contributed by atoms with Crippen LogP contribution in [0.4, 0.5) is 36.4 Å². The highest BCUT2D eigenvalue weighted by Crippen LogP contribution is 2.48. The van der Waals surface area contributed by atoms with E-state index >= 15 is 13.2 Å². The van der Waals surface area contributed by atoms with E-state index in [1.807, 2.05) is 0 Å². The molecular formula is C37H29F7N6O5. The fourth-order valence-electron chi connectivity index (χ4n) is 5.95. The zero-order chi connectivity index (χ0) is 39.5. The van der Waals surface area contributed by atoms with Crippen molar-refractivity contribution in [3.8, 4) is 22.8 Å². The minimum atomic E-state index is -5.48. The molecule has 2 amide bonds. The lowest BCUT2D eigenvalue weighted by Gasteiger charge is -2.31. The first-order chi connectivity index (χ1) is 25.9. The summed E-state index contributed by atoms with van der Waals surface area (Å²) in [6.45, 7) is 1.06. The summed E-state index contributed by atoms with van der Waals surface area (Å²) >= 11 is 0. The zero-order valence-electron chi connectivity index (χ0n) is 28.8. The number of pyridine rings is 2. The van der Waals surface area contributed by atoms with Crippen molar-refractivity contribution in [2.75, 3.05) is 18.5 Å². The van der Waals surface area contributed by atoms with Gasteiger partial charge in [-0.15, -0.1) is 5.10 Å². The monoisotopic (exact) mass is 770 g/mol. The Kier molecular flexibility index (Phi) is 9.14. The molecule has 2 atom stereocenters. The van der Waals surface area contributed by atoms with Gasteiger partial charge in [-0.25, -0.2) is 14.4 Å². The summed E-state index contributed by atoms with van der Waals surface area (Å²) in [6.07, 6.45) is -8.06. The number of anilines is 1. The molecular weight excluding hydrogens is 741 g/mol. The highest BCUT2D eigenvalue weighted by molar-refractivity contribution is 6.01. The van der Waals surface area contributed by atoms with Gasteiger partial charge in [0.25, 0.3) is 5.91 Å².